The molecule has 0 aliphatic heterocycles. The lowest BCUT2D eigenvalue weighted by Crippen LogP contribution is -2.14. The molecule has 0 aliphatic carbocycles. The molecule has 0 radical (unpaired) electrons. The third kappa shape index (κ3) is 5.25. The lowest BCUT2D eigenvalue weighted by atomic mass is 9.84. The smallest absolute Gasteiger partial charge is 0.0462 e. The molecule has 0 aromatic heterocycles. The molecule has 3 aromatic rings. The lowest BCUT2D eigenvalue weighted by Gasteiger charge is -2.27. The van der Waals surface area contributed by atoms with Crippen molar-refractivity contribution in [1.29, 1.82) is 0 Å². The predicted octanol–water partition coefficient (Wildman–Crippen LogP) is 8.42. The van der Waals surface area contributed by atoms with Crippen LogP contribution in [0.3, 0.4) is 0 Å². The van der Waals surface area contributed by atoms with Crippen molar-refractivity contribution in [3.05, 3.63) is 109 Å². The largest absolute Gasteiger partial charge is 0.311 e. The van der Waals surface area contributed by atoms with Crippen LogP contribution in [0.4, 0.5) is 17.1 Å². The minimum Gasteiger partial charge on any atom is -0.311 e. The molecule has 0 saturated heterocycles. The number of hydrogen-bond donors (Lipinski definition) is 1. The van der Waals surface area contributed by atoms with E-state index in [9.17, 15) is 0 Å². The van der Waals surface area contributed by atoms with Gasteiger partial charge in [0.15, 0.2) is 0 Å². The number of anilines is 3. The number of thiol groups is 1. The van der Waals surface area contributed by atoms with Crippen molar-refractivity contribution in [3.8, 4) is 0 Å². The van der Waals surface area contributed by atoms with E-state index in [1.807, 2.05) is 18.2 Å². The van der Waals surface area contributed by atoms with E-state index in [2.05, 4.69) is 118 Å². The molecular weight excluding hydrogens is 382 g/mol. The molecule has 0 saturated carbocycles. The molecular formula is C28H31NS. The maximum atomic E-state index is 4.45. The monoisotopic (exact) mass is 413 g/mol. The van der Waals surface area contributed by atoms with Gasteiger partial charge in [0.05, 0.1) is 0 Å². The zero-order chi connectivity index (χ0) is 21.6. The molecule has 0 N–H and O–H groups in total. The number of nitrogens with zero attached hydrogens (tertiary/aromatic N) is 1. The molecule has 3 rings (SSSR count). The topological polar surface area (TPSA) is 3.24 Å². The van der Waals surface area contributed by atoms with Gasteiger partial charge < -0.3 is 4.90 Å². The van der Waals surface area contributed by atoms with Crippen molar-refractivity contribution < 1.29 is 0 Å². The quantitative estimate of drug-likeness (QED) is 0.286. The first-order chi connectivity index (χ1) is 14.4. The minimum absolute atomic E-state index is 0.0125. The van der Waals surface area contributed by atoms with Crippen LogP contribution in [-0.4, -0.2) is 0 Å². The summed E-state index contributed by atoms with van der Waals surface area (Å²) in [6.07, 6.45) is 8.35. The fourth-order valence-electron chi connectivity index (χ4n) is 3.68. The standard InChI is InChI=1S/C28H31NS/c1-5-7-8-22-9-13-24(14-10-22)29(26-17-19-27(30)20-18-26)25-15-11-23(12-16-25)28(3,4)21-6-2/h5-6,9-21,30H,1,7-8H2,2-4H3. The molecule has 154 valence electrons. The van der Waals surface area contributed by atoms with Crippen molar-refractivity contribution >= 4 is 29.7 Å². The van der Waals surface area contributed by atoms with Crippen LogP contribution in [0.25, 0.3) is 0 Å². The first kappa shape index (κ1) is 22.0. The molecule has 0 aliphatic rings. The summed E-state index contributed by atoms with van der Waals surface area (Å²) in [4.78, 5) is 3.25. The van der Waals surface area contributed by atoms with Crippen LogP contribution >= 0.6 is 12.6 Å². The summed E-state index contributed by atoms with van der Waals surface area (Å²) >= 11 is 4.45. The Kier molecular flexibility index (Phi) is 7.23. The second-order valence-electron chi connectivity index (χ2n) is 8.11. The molecule has 0 fully saturated rings. The van der Waals surface area contributed by atoms with Gasteiger partial charge in [-0.15, -0.1) is 19.2 Å². The SMILES string of the molecule is C=CCCc1ccc(N(c2ccc(S)cc2)c2ccc(C(C)(C)C=CC)cc2)cc1. The fourth-order valence-corrected chi connectivity index (χ4v) is 3.83. The highest BCUT2D eigenvalue weighted by Gasteiger charge is 2.18. The number of hydrogen-bond acceptors (Lipinski definition) is 2. The molecule has 2 heteroatoms. The maximum absolute atomic E-state index is 4.45. The molecule has 1 nitrogen and oxygen atoms in total. The fraction of sp³-hybridized carbons (Fsp3) is 0.214. The number of allylic oxidation sites excluding steroid dienone is 3. The molecule has 30 heavy (non-hydrogen) atoms. The molecule has 0 bridgehead atoms. The Balaban J connectivity index is 2.00. The highest BCUT2D eigenvalue weighted by atomic mass is 32.1. The molecule has 3 aromatic carbocycles. The Bertz CT molecular complexity index is 980. The van der Waals surface area contributed by atoms with E-state index in [1.165, 1.54) is 11.1 Å². The van der Waals surface area contributed by atoms with E-state index in [0.717, 1.165) is 34.8 Å². The van der Waals surface area contributed by atoms with Gasteiger partial charge in [-0.3, -0.25) is 0 Å². The van der Waals surface area contributed by atoms with Crippen molar-refractivity contribution in [2.24, 2.45) is 0 Å². The Morgan fingerprint density at radius 1 is 0.833 bits per heavy atom. The minimum atomic E-state index is 0.0125. The summed E-state index contributed by atoms with van der Waals surface area (Å²) in [5, 5.41) is 0. The first-order valence-corrected chi connectivity index (χ1v) is 10.9. The molecule has 0 atom stereocenters. The van der Waals surface area contributed by atoms with Crippen LogP contribution in [0.5, 0.6) is 0 Å². The van der Waals surface area contributed by atoms with Gasteiger partial charge in [-0.2, -0.15) is 0 Å². The zero-order valence-corrected chi connectivity index (χ0v) is 19.1. The number of benzene rings is 3. The second-order valence-corrected chi connectivity index (χ2v) is 8.63. The number of rotatable bonds is 8. The van der Waals surface area contributed by atoms with E-state index in [-0.39, 0.29) is 5.41 Å². The third-order valence-corrected chi connectivity index (χ3v) is 5.69. The van der Waals surface area contributed by atoms with Gasteiger partial charge in [0, 0.05) is 27.4 Å². The van der Waals surface area contributed by atoms with Crippen LogP contribution in [0.1, 0.15) is 38.3 Å². The van der Waals surface area contributed by atoms with E-state index in [4.69, 9.17) is 0 Å². The molecule has 0 unspecified atom stereocenters. The van der Waals surface area contributed by atoms with E-state index < -0.39 is 0 Å². The second kappa shape index (κ2) is 9.86. The van der Waals surface area contributed by atoms with Crippen molar-refractivity contribution in [2.75, 3.05) is 4.90 Å². The summed E-state index contributed by atoms with van der Waals surface area (Å²) in [7, 11) is 0. The normalized spacial score (nSPS) is 11.6. The van der Waals surface area contributed by atoms with E-state index >= 15 is 0 Å². The Labute approximate surface area is 187 Å². The molecule has 0 amide bonds. The summed E-state index contributed by atoms with van der Waals surface area (Å²) in [6.45, 7) is 10.4. The van der Waals surface area contributed by atoms with Gasteiger partial charge in [0.2, 0.25) is 0 Å². The summed E-state index contributed by atoms with van der Waals surface area (Å²) in [5.74, 6) is 0. The van der Waals surface area contributed by atoms with Gasteiger partial charge in [0.25, 0.3) is 0 Å². The highest BCUT2D eigenvalue weighted by Crippen LogP contribution is 2.36. The van der Waals surface area contributed by atoms with E-state index in [1.54, 1.807) is 0 Å². The summed E-state index contributed by atoms with van der Waals surface area (Å²) in [5.41, 5.74) is 6.04. The number of aryl methyl sites for hydroxylation is 1. The van der Waals surface area contributed by atoms with Crippen LogP contribution < -0.4 is 4.90 Å². The maximum Gasteiger partial charge on any atom is 0.0462 e. The van der Waals surface area contributed by atoms with Crippen molar-refractivity contribution in [2.45, 2.75) is 43.9 Å². The van der Waals surface area contributed by atoms with Crippen LogP contribution in [0.2, 0.25) is 0 Å². The average molecular weight is 414 g/mol. The van der Waals surface area contributed by atoms with Gasteiger partial charge in [-0.05, 0) is 79.4 Å². The Morgan fingerprint density at radius 3 is 1.83 bits per heavy atom. The zero-order valence-electron chi connectivity index (χ0n) is 18.2. The van der Waals surface area contributed by atoms with Crippen molar-refractivity contribution in [1.82, 2.24) is 0 Å². The Hall–Kier alpha value is -2.71. The van der Waals surface area contributed by atoms with Gasteiger partial charge >= 0.3 is 0 Å². The molecule has 0 spiro atoms. The summed E-state index contributed by atoms with van der Waals surface area (Å²) < 4.78 is 0. The Morgan fingerprint density at radius 2 is 1.33 bits per heavy atom. The third-order valence-electron chi connectivity index (χ3n) is 5.39. The van der Waals surface area contributed by atoms with Gasteiger partial charge in [-0.1, -0.05) is 56.3 Å². The lowest BCUT2D eigenvalue weighted by molar-refractivity contribution is 0.669. The predicted molar refractivity (Wildman–Crippen MR) is 135 cm³/mol. The van der Waals surface area contributed by atoms with Crippen LogP contribution in [0, 0.1) is 0 Å². The van der Waals surface area contributed by atoms with Crippen LogP contribution in [0.15, 0.2) is 102 Å². The van der Waals surface area contributed by atoms with E-state index in [0.29, 0.717) is 0 Å². The average Bonchev–Trinajstić information content (AvgIpc) is 2.75. The summed E-state index contributed by atoms with van der Waals surface area (Å²) in [6, 6.07) is 26.0. The van der Waals surface area contributed by atoms with Gasteiger partial charge in [0.1, 0.15) is 0 Å². The highest BCUT2D eigenvalue weighted by molar-refractivity contribution is 7.80. The first-order valence-electron chi connectivity index (χ1n) is 10.5. The van der Waals surface area contributed by atoms with Crippen LogP contribution in [-0.2, 0) is 11.8 Å². The van der Waals surface area contributed by atoms with Crippen molar-refractivity contribution in [3.63, 3.8) is 0 Å². The van der Waals surface area contributed by atoms with Gasteiger partial charge in [-0.25, -0.2) is 0 Å². The molecule has 0 heterocycles.